The van der Waals surface area contributed by atoms with Crippen molar-refractivity contribution in [2.45, 2.75) is 0 Å². The smallest absolute Gasteiger partial charge is 0.294 e. The lowest BCUT2D eigenvalue weighted by atomic mass is 10.3. The Balaban J connectivity index is 2.02. The van der Waals surface area contributed by atoms with Crippen LogP contribution in [0.4, 0.5) is 0 Å². The molecule has 0 amide bonds. The molecule has 0 aromatic heterocycles. The molecule has 1 heterocycles. The van der Waals surface area contributed by atoms with E-state index in [0.29, 0.717) is 12.6 Å². The van der Waals surface area contributed by atoms with Crippen LogP contribution in [0.1, 0.15) is 0 Å². The largest absolute Gasteiger partial charge is 0.426 e. The van der Waals surface area contributed by atoms with Gasteiger partial charge in [0.2, 0.25) is 0 Å². The van der Waals surface area contributed by atoms with Crippen molar-refractivity contribution >= 4 is 6.02 Å². The molecule has 0 radical (unpaired) electrons. The molecule has 0 aliphatic carbocycles. The third-order valence-corrected chi connectivity index (χ3v) is 1.62. The summed E-state index contributed by atoms with van der Waals surface area (Å²) < 4.78 is 5.44. The summed E-state index contributed by atoms with van der Waals surface area (Å²) in [4.78, 5) is 4.12. The second kappa shape index (κ2) is 3.76. The molecule has 13 heavy (non-hydrogen) atoms. The Hall–Kier alpha value is -1.77. The van der Waals surface area contributed by atoms with Gasteiger partial charge in [0, 0.05) is 6.20 Å². The number of nitrogens with zero attached hydrogens (tertiary/aromatic N) is 1. The highest BCUT2D eigenvalue weighted by atomic mass is 16.5. The van der Waals surface area contributed by atoms with E-state index >= 15 is 0 Å². The van der Waals surface area contributed by atoms with Crippen molar-refractivity contribution in [3.8, 4) is 5.75 Å². The molecule has 1 aliphatic rings. The minimum atomic E-state index is 0.550. The molecule has 3 heteroatoms. The van der Waals surface area contributed by atoms with Crippen LogP contribution in [0, 0.1) is 0 Å². The lowest BCUT2D eigenvalue weighted by Gasteiger charge is -2.10. The normalized spacial score (nSPS) is 14.6. The van der Waals surface area contributed by atoms with Crippen molar-refractivity contribution in [2.75, 3.05) is 6.54 Å². The topological polar surface area (TPSA) is 33.6 Å². The quantitative estimate of drug-likeness (QED) is 0.700. The highest BCUT2D eigenvalue weighted by Gasteiger charge is 2.01. The summed E-state index contributed by atoms with van der Waals surface area (Å²) in [6.07, 6.45) is 3.75. The number of para-hydroxylation sites is 1. The number of nitrogens with one attached hydrogen (secondary N) is 1. The molecule has 2 rings (SSSR count). The zero-order valence-corrected chi connectivity index (χ0v) is 7.10. The van der Waals surface area contributed by atoms with E-state index in [0.717, 1.165) is 5.75 Å². The van der Waals surface area contributed by atoms with Crippen molar-refractivity contribution in [3.05, 3.63) is 42.6 Å². The minimum Gasteiger partial charge on any atom is -0.426 e. The summed E-state index contributed by atoms with van der Waals surface area (Å²) in [7, 11) is 0. The first kappa shape index (κ1) is 7.86. The van der Waals surface area contributed by atoms with Gasteiger partial charge in [-0.3, -0.25) is 0 Å². The number of aliphatic imine (C=N–C) groups is 1. The Morgan fingerprint density at radius 2 is 2.08 bits per heavy atom. The number of hydrogen-bond donors (Lipinski definition) is 1. The number of amidine groups is 1. The molecule has 3 nitrogen and oxygen atoms in total. The fraction of sp³-hybridized carbons (Fsp3) is 0.100. The van der Waals surface area contributed by atoms with Crippen molar-refractivity contribution in [1.82, 2.24) is 5.32 Å². The molecule has 66 valence electrons. The molecule has 0 spiro atoms. The monoisotopic (exact) mass is 174 g/mol. The maximum Gasteiger partial charge on any atom is 0.294 e. The molecule has 1 aromatic rings. The van der Waals surface area contributed by atoms with E-state index in [-0.39, 0.29) is 0 Å². The van der Waals surface area contributed by atoms with Gasteiger partial charge in [-0.15, -0.1) is 0 Å². The molecule has 1 aliphatic heterocycles. The lowest BCUT2D eigenvalue weighted by molar-refractivity contribution is 0.524. The SMILES string of the molecule is C1=CNC(Oc2ccccc2)=NC1. The average molecular weight is 174 g/mol. The molecular formula is C10H10N2O. The van der Waals surface area contributed by atoms with Crippen LogP contribution >= 0.6 is 0 Å². The molecular weight excluding hydrogens is 164 g/mol. The van der Waals surface area contributed by atoms with E-state index in [9.17, 15) is 0 Å². The fourth-order valence-corrected chi connectivity index (χ4v) is 1.03. The molecule has 0 saturated carbocycles. The highest BCUT2D eigenvalue weighted by molar-refractivity contribution is 5.77. The van der Waals surface area contributed by atoms with Gasteiger partial charge in [0.05, 0.1) is 6.54 Å². The molecule has 0 unspecified atom stereocenters. The predicted octanol–water partition coefficient (Wildman–Crippen LogP) is 1.54. The van der Waals surface area contributed by atoms with Gasteiger partial charge in [0.25, 0.3) is 6.02 Å². The van der Waals surface area contributed by atoms with Crippen LogP contribution in [0.25, 0.3) is 0 Å². The third-order valence-electron chi connectivity index (χ3n) is 1.62. The van der Waals surface area contributed by atoms with E-state index < -0.39 is 0 Å². The van der Waals surface area contributed by atoms with Gasteiger partial charge in [0.15, 0.2) is 0 Å². The standard InChI is InChI=1S/C10H10N2O/c1-2-5-9(6-3-1)13-10-11-7-4-8-12-10/h1-7H,8H2,(H,11,12). The van der Waals surface area contributed by atoms with Gasteiger partial charge < -0.3 is 10.1 Å². The number of rotatable bonds is 1. The van der Waals surface area contributed by atoms with Crippen molar-refractivity contribution in [2.24, 2.45) is 4.99 Å². The lowest BCUT2D eigenvalue weighted by Crippen LogP contribution is -2.26. The Labute approximate surface area is 76.8 Å². The first-order valence-corrected chi connectivity index (χ1v) is 4.14. The number of hydrogen-bond acceptors (Lipinski definition) is 3. The van der Waals surface area contributed by atoms with E-state index in [1.807, 2.05) is 42.6 Å². The van der Waals surface area contributed by atoms with Gasteiger partial charge in [-0.25, -0.2) is 4.99 Å². The van der Waals surface area contributed by atoms with Gasteiger partial charge in [-0.05, 0) is 18.2 Å². The Bertz CT molecular complexity index is 330. The molecule has 1 N–H and O–H groups in total. The van der Waals surface area contributed by atoms with E-state index in [1.165, 1.54) is 0 Å². The molecule has 0 atom stereocenters. The van der Waals surface area contributed by atoms with Crippen LogP contribution in [-0.4, -0.2) is 12.6 Å². The number of benzene rings is 1. The maximum absolute atomic E-state index is 5.44. The van der Waals surface area contributed by atoms with Gasteiger partial charge >= 0.3 is 0 Å². The Morgan fingerprint density at radius 1 is 1.23 bits per heavy atom. The number of ether oxygens (including phenoxy) is 1. The van der Waals surface area contributed by atoms with Crippen molar-refractivity contribution in [1.29, 1.82) is 0 Å². The van der Waals surface area contributed by atoms with Crippen LogP contribution in [0.3, 0.4) is 0 Å². The van der Waals surface area contributed by atoms with Crippen molar-refractivity contribution < 1.29 is 4.74 Å². The Morgan fingerprint density at radius 3 is 2.77 bits per heavy atom. The summed E-state index contributed by atoms with van der Waals surface area (Å²) in [6, 6.07) is 10.1. The summed E-state index contributed by atoms with van der Waals surface area (Å²) in [6.45, 7) is 0.676. The maximum atomic E-state index is 5.44. The van der Waals surface area contributed by atoms with Crippen LogP contribution < -0.4 is 10.1 Å². The summed E-state index contributed by atoms with van der Waals surface area (Å²) in [5.41, 5.74) is 0. The predicted molar refractivity (Wildman–Crippen MR) is 51.6 cm³/mol. The molecule has 0 bridgehead atoms. The summed E-state index contributed by atoms with van der Waals surface area (Å²) >= 11 is 0. The van der Waals surface area contributed by atoms with Gasteiger partial charge in [-0.1, -0.05) is 18.2 Å². The van der Waals surface area contributed by atoms with Crippen LogP contribution in [0.15, 0.2) is 47.6 Å². The molecule has 1 aromatic carbocycles. The molecule has 0 saturated heterocycles. The molecule has 0 fully saturated rings. The highest BCUT2D eigenvalue weighted by Crippen LogP contribution is 2.08. The summed E-state index contributed by atoms with van der Waals surface area (Å²) in [5, 5.41) is 2.91. The van der Waals surface area contributed by atoms with Crippen LogP contribution in [0.2, 0.25) is 0 Å². The first-order valence-electron chi connectivity index (χ1n) is 4.14. The third kappa shape index (κ3) is 2.08. The van der Waals surface area contributed by atoms with Gasteiger partial charge in [0.1, 0.15) is 5.75 Å². The van der Waals surface area contributed by atoms with Crippen LogP contribution in [0.5, 0.6) is 5.75 Å². The van der Waals surface area contributed by atoms with E-state index in [4.69, 9.17) is 4.74 Å². The second-order valence-corrected chi connectivity index (χ2v) is 2.61. The zero-order chi connectivity index (χ0) is 8.93. The zero-order valence-electron chi connectivity index (χ0n) is 7.10. The van der Waals surface area contributed by atoms with Crippen molar-refractivity contribution in [3.63, 3.8) is 0 Å². The average Bonchev–Trinajstić information content (AvgIpc) is 2.21. The minimum absolute atomic E-state index is 0.550. The van der Waals surface area contributed by atoms with Gasteiger partial charge in [-0.2, -0.15) is 0 Å². The fourth-order valence-electron chi connectivity index (χ4n) is 1.03. The van der Waals surface area contributed by atoms with E-state index in [2.05, 4.69) is 10.3 Å². The Kier molecular flexibility index (Phi) is 2.27. The second-order valence-electron chi connectivity index (χ2n) is 2.61. The van der Waals surface area contributed by atoms with E-state index in [1.54, 1.807) is 0 Å². The summed E-state index contributed by atoms with van der Waals surface area (Å²) in [5.74, 6) is 0.795. The first-order chi connectivity index (χ1) is 6.45. The van der Waals surface area contributed by atoms with Crippen LogP contribution in [-0.2, 0) is 0 Å².